The normalized spacial score (nSPS) is 16.7. The molecule has 0 aliphatic carbocycles. The van der Waals surface area contributed by atoms with Gasteiger partial charge in [-0.3, -0.25) is 14.4 Å². The van der Waals surface area contributed by atoms with Crippen LogP contribution in [-0.2, 0) is 25.6 Å². The van der Waals surface area contributed by atoms with Crippen LogP contribution in [-0.4, -0.2) is 85.9 Å². The number of aliphatic carboxylic acids is 1. The Balaban J connectivity index is 2.90. The van der Waals surface area contributed by atoms with Crippen molar-refractivity contribution >= 4 is 23.7 Å². The average Bonchev–Trinajstić information content (AvgIpc) is 3.25. The number of amides is 3. The molecule has 0 aliphatic heterocycles. The van der Waals surface area contributed by atoms with E-state index in [1.165, 1.54) is 19.4 Å². The molecule has 0 aromatic carbocycles. The molecule has 6 atom stereocenters. The van der Waals surface area contributed by atoms with Gasteiger partial charge in [0.1, 0.15) is 18.1 Å². The molecule has 1 heterocycles. The van der Waals surface area contributed by atoms with E-state index in [9.17, 15) is 24.3 Å². The summed E-state index contributed by atoms with van der Waals surface area (Å²) in [7, 11) is 0. The molecule has 0 bridgehead atoms. The molecule has 0 aliphatic rings. The maximum Gasteiger partial charge on any atom is 0.328 e. The molecule has 3 amide bonds. The summed E-state index contributed by atoms with van der Waals surface area (Å²) in [6.07, 6.45) is 2.25. The lowest BCUT2D eigenvalue weighted by Crippen LogP contribution is -2.61. The summed E-state index contributed by atoms with van der Waals surface area (Å²) in [6.45, 7) is 3.88. The second-order valence-electron chi connectivity index (χ2n) is 7.57. The molecule has 0 radical (unpaired) electrons. The molecule has 0 saturated heterocycles. The van der Waals surface area contributed by atoms with Crippen molar-refractivity contribution in [2.75, 3.05) is 6.61 Å². The highest BCUT2D eigenvalue weighted by molar-refractivity contribution is 5.94. The van der Waals surface area contributed by atoms with Crippen LogP contribution >= 0.6 is 0 Å². The molecular weight excluding hydrogens is 424 g/mol. The summed E-state index contributed by atoms with van der Waals surface area (Å²) in [5.41, 5.74) is 6.56. The summed E-state index contributed by atoms with van der Waals surface area (Å²) in [5.74, 6) is -4.17. The zero-order valence-electron chi connectivity index (χ0n) is 18.2. The highest BCUT2D eigenvalue weighted by atomic mass is 16.4. The van der Waals surface area contributed by atoms with E-state index in [4.69, 9.17) is 15.9 Å². The van der Waals surface area contributed by atoms with E-state index in [0.29, 0.717) is 12.1 Å². The van der Waals surface area contributed by atoms with Gasteiger partial charge in [-0.1, -0.05) is 20.3 Å². The number of H-pyrrole nitrogens is 1. The predicted octanol–water partition coefficient (Wildman–Crippen LogP) is -2.76. The van der Waals surface area contributed by atoms with Crippen molar-refractivity contribution in [3.05, 3.63) is 18.2 Å². The number of carboxylic acids is 1. The van der Waals surface area contributed by atoms with Gasteiger partial charge in [0.2, 0.25) is 17.7 Å². The van der Waals surface area contributed by atoms with Crippen LogP contribution in [0.3, 0.4) is 0 Å². The molecule has 1 aromatic rings. The quantitative estimate of drug-likeness (QED) is 0.154. The molecule has 13 nitrogen and oxygen atoms in total. The zero-order valence-corrected chi connectivity index (χ0v) is 18.2. The SMILES string of the molecule is CCC(C)C(NC(=O)C(N)Cc1cnc[nH]1)C(=O)NC(C(=O)NC(CO)C(=O)O)C(C)O. The Labute approximate surface area is 185 Å². The molecule has 0 fully saturated rings. The third-order valence-corrected chi connectivity index (χ3v) is 4.98. The minimum absolute atomic E-state index is 0.164. The van der Waals surface area contributed by atoms with Crippen LogP contribution < -0.4 is 21.7 Å². The van der Waals surface area contributed by atoms with Gasteiger partial charge in [0.05, 0.1) is 25.1 Å². The summed E-state index contributed by atoms with van der Waals surface area (Å²) in [6, 6.07) is -5.15. The lowest BCUT2D eigenvalue weighted by atomic mass is 9.97. The Morgan fingerprint density at radius 3 is 2.16 bits per heavy atom. The highest BCUT2D eigenvalue weighted by Gasteiger charge is 2.34. The summed E-state index contributed by atoms with van der Waals surface area (Å²) in [4.78, 5) is 55.5. The standard InChI is InChI=1S/C19H32N6O7/c1-4-9(2)14(24-16(28)12(20)5-11-6-21-8-22-11)17(29)25-15(10(3)27)18(30)23-13(7-26)19(31)32/h6,8-10,12-15,26-27H,4-5,7,20H2,1-3H3,(H,21,22)(H,23,30)(H,24,28)(H,25,29)(H,31,32). The number of nitrogens with one attached hydrogen (secondary N) is 4. The number of carbonyl (C=O) groups excluding carboxylic acids is 3. The van der Waals surface area contributed by atoms with Crippen LogP contribution in [0.5, 0.6) is 0 Å². The van der Waals surface area contributed by atoms with Crippen molar-refractivity contribution in [3.8, 4) is 0 Å². The number of aromatic nitrogens is 2. The van der Waals surface area contributed by atoms with Crippen molar-refractivity contribution in [1.82, 2.24) is 25.9 Å². The van der Waals surface area contributed by atoms with Gasteiger partial charge in [-0.15, -0.1) is 0 Å². The Kier molecular flexibility index (Phi) is 10.7. The minimum Gasteiger partial charge on any atom is -0.480 e. The first-order valence-electron chi connectivity index (χ1n) is 10.2. The van der Waals surface area contributed by atoms with E-state index in [0.717, 1.165) is 0 Å². The van der Waals surface area contributed by atoms with Gasteiger partial charge in [-0.25, -0.2) is 9.78 Å². The van der Waals surface area contributed by atoms with Crippen LogP contribution in [0.15, 0.2) is 12.5 Å². The number of aromatic amines is 1. The fourth-order valence-electron chi connectivity index (χ4n) is 2.78. The van der Waals surface area contributed by atoms with E-state index in [2.05, 4.69) is 20.6 Å². The summed E-state index contributed by atoms with van der Waals surface area (Å²) in [5, 5.41) is 34.9. The monoisotopic (exact) mass is 456 g/mol. The number of nitrogens with two attached hydrogens (primary N) is 1. The van der Waals surface area contributed by atoms with E-state index in [1.54, 1.807) is 13.8 Å². The van der Waals surface area contributed by atoms with Gasteiger partial charge in [-0.05, 0) is 12.8 Å². The summed E-state index contributed by atoms with van der Waals surface area (Å²) >= 11 is 0. The second-order valence-corrected chi connectivity index (χ2v) is 7.57. The number of carbonyl (C=O) groups is 4. The lowest BCUT2D eigenvalue weighted by molar-refractivity contribution is -0.144. The van der Waals surface area contributed by atoms with Gasteiger partial charge in [-0.2, -0.15) is 0 Å². The van der Waals surface area contributed by atoms with Crippen LogP contribution in [0.1, 0.15) is 32.9 Å². The molecule has 32 heavy (non-hydrogen) atoms. The number of hydrogen-bond donors (Lipinski definition) is 8. The first-order chi connectivity index (χ1) is 15.0. The lowest BCUT2D eigenvalue weighted by Gasteiger charge is -2.28. The van der Waals surface area contributed by atoms with E-state index < -0.39 is 60.6 Å². The van der Waals surface area contributed by atoms with Crippen LogP contribution in [0, 0.1) is 5.92 Å². The fourth-order valence-corrected chi connectivity index (χ4v) is 2.78. The third kappa shape index (κ3) is 7.90. The molecule has 9 N–H and O–H groups in total. The number of nitrogens with zero attached hydrogens (tertiary/aromatic N) is 1. The second kappa shape index (κ2) is 12.7. The van der Waals surface area contributed by atoms with Gasteiger partial charge >= 0.3 is 5.97 Å². The number of rotatable bonds is 13. The first-order valence-corrected chi connectivity index (χ1v) is 10.2. The first kappa shape index (κ1) is 27.0. The maximum absolute atomic E-state index is 12.9. The zero-order chi connectivity index (χ0) is 24.4. The smallest absolute Gasteiger partial charge is 0.328 e. The fraction of sp³-hybridized carbons (Fsp3) is 0.632. The van der Waals surface area contributed by atoms with E-state index in [1.807, 2.05) is 5.32 Å². The van der Waals surface area contributed by atoms with Gasteiger partial charge < -0.3 is 42.0 Å². The average molecular weight is 457 g/mol. The molecule has 6 unspecified atom stereocenters. The van der Waals surface area contributed by atoms with Crippen LogP contribution in [0.2, 0.25) is 0 Å². The van der Waals surface area contributed by atoms with Gasteiger partial charge in [0, 0.05) is 18.3 Å². The van der Waals surface area contributed by atoms with Gasteiger partial charge in [0.25, 0.3) is 0 Å². The Morgan fingerprint density at radius 2 is 1.69 bits per heavy atom. The van der Waals surface area contributed by atoms with E-state index >= 15 is 0 Å². The number of imidazole rings is 1. The molecule has 1 aromatic heterocycles. The minimum atomic E-state index is -1.61. The Bertz CT molecular complexity index is 770. The van der Waals surface area contributed by atoms with Gasteiger partial charge in [0.15, 0.2) is 0 Å². The van der Waals surface area contributed by atoms with Crippen LogP contribution in [0.4, 0.5) is 0 Å². The number of hydrogen-bond acceptors (Lipinski definition) is 8. The van der Waals surface area contributed by atoms with Crippen molar-refractivity contribution in [2.45, 2.75) is 63.9 Å². The largest absolute Gasteiger partial charge is 0.480 e. The topological polar surface area (TPSA) is 220 Å². The number of aliphatic hydroxyl groups is 2. The molecule has 0 spiro atoms. The Morgan fingerprint density at radius 1 is 1.09 bits per heavy atom. The highest BCUT2D eigenvalue weighted by Crippen LogP contribution is 2.10. The van der Waals surface area contributed by atoms with Crippen molar-refractivity contribution in [3.63, 3.8) is 0 Å². The predicted molar refractivity (Wildman–Crippen MR) is 112 cm³/mol. The van der Waals surface area contributed by atoms with Crippen molar-refractivity contribution in [1.29, 1.82) is 0 Å². The molecule has 1 rings (SSSR count). The van der Waals surface area contributed by atoms with Crippen molar-refractivity contribution < 1.29 is 34.5 Å². The number of aliphatic hydroxyl groups excluding tert-OH is 2. The molecule has 13 heteroatoms. The van der Waals surface area contributed by atoms with Crippen molar-refractivity contribution in [2.24, 2.45) is 11.7 Å². The molecule has 180 valence electrons. The van der Waals surface area contributed by atoms with E-state index in [-0.39, 0.29) is 12.3 Å². The maximum atomic E-state index is 12.9. The molecular formula is C19H32N6O7. The Hall–Kier alpha value is -3.03. The van der Waals surface area contributed by atoms with Crippen LogP contribution in [0.25, 0.3) is 0 Å². The molecule has 0 saturated carbocycles. The third-order valence-electron chi connectivity index (χ3n) is 4.98. The summed E-state index contributed by atoms with van der Waals surface area (Å²) < 4.78 is 0. The number of carboxylic acid groups (broad SMARTS) is 1.